The Morgan fingerprint density at radius 3 is 1.92 bits per heavy atom. The van der Waals surface area contributed by atoms with E-state index in [4.69, 9.17) is 13.6 Å². The van der Waals surface area contributed by atoms with Crippen LogP contribution in [0.2, 0.25) is 0 Å². The molecule has 4 nitrogen and oxygen atoms in total. The smallest absolute Gasteiger partial charge is 0.390 e. The van der Waals surface area contributed by atoms with Gasteiger partial charge in [-0.05, 0) is 53.3 Å². The van der Waals surface area contributed by atoms with Gasteiger partial charge in [0.1, 0.15) is 17.3 Å². The normalized spacial score (nSPS) is 11.8. The van der Waals surface area contributed by atoms with E-state index in [0.29, 0.717) is 23.7 Å². The molecule has 0 N–H and O–H groups in total. The molecule has 2 rings (SSSR count). The van der Waals surface area contributed by atoms with Gasteiger partial charge in [0.05, 0.1) is 0 Å². The summed E-state index contributed by atoms with van der Waals surface area (Å²) in [6, 6.07) is 17.8. The fourth-order valence-corrected chi connectivity index (χ4v) is 4.21. The molecule has 0 fully saturated rings. The Balaban J connectivity index is 2.12. The molecule has 26 heavy (non-hydrogen) atoms. The van der Waals surface area contributed by atoms with Crippen LogP contribution in [0.1, 0.15) is 39.0 Å². The molecule has 0 aromatic heterocycles. The number of rotatable bonds is 11. The molecule has 0 heterocycles. The number of phosphoric ester groups is 1. The van der Waals surface area contributed by atoms with E-state index in [1.807, 2.05) is 36.4 Å². The van der Waals surface area contributed by atoms with Gasteiger partial charge in [0.15, 0.2) is 0 Å². The minimum Gasteiger partial charge on any atom is -0.390 e. The minimum atomic E-state index is -3.86. The summed E-state index contributed by atoms with van der Waals surface area (Å²) in [5.74, 6) is 1.48. The van der Waals surface area contributed by atoms with E-state index in [1.54, 1.807) is 28.3 Å². The molecule has 0 radical (unpaired) electrons. The highest BCUT2D eigenvalue weighted by molar-refractivity contribution is 14.1. The lowest BCUT2D eigenvalue weighted by molar-refractivity contribution is 0.250. The third-order valence-electron chi connectivity index (χ3n) is 3.55. The summed E-state index contributed by atoms with van der Waals surface area (Å²) < 4.78 is 32.1. The predicted molar refractivity (Wildman–Crippen MR) is 114 cm³/mol. The van der Waals surface area contributed by atoms with E-state index >= 15 is 0 Å². The van der Waals surface area contributed by atoms with Crippen molar-refractivity contribution in [3.63, 3.8) is 0 Å². The van der Waals surface area contributed by atoms with Crippen molar-refractivity contribution in [3.8, 4) is 11.5 Å². The zero-order valence-electron chi connectivity index (χ0n) is 14.8. The Hall–Kier alpha value is -1.46. The van der Waals surface area contributed by atoms with E-state index in [0.717, 1.165) is 19.3 Å². The molecular formula is C20H24IO4P. The molecule has 6 heteroatoms. The molecule has 2 aromatic rings. The molecule has 0 atom stereocenters. The van der Waals surface area contributed by atoms with Gasteiger partial charge in [-0.1, -0.05) is 62.6 Å². The largest absolute Gasteiger partial charge is 0.646 e. The maximum atomic E-state index is 13.3. The third-order valence-corrected chi connectivity index (χ3v) is 5.57. The van der Waals surface area contributed by atoms with Crippen molar-refractivity contribution in [2.24, 2.45) is 0 Å². The molecule has 0 bridgehead atoms. The zero-order valence-corrected chi connectivity index (χ0v) is 17.9. The monoisotopic (exact) mass is 486 g/mol. The Morgan fingerprint density at radius 1 is 0.923 bits per heavy atom. The fourth-order valence-electron chi connectivity index (χ4n) is 2.27. The van der Waals surface area contributed by atoms with Crippen LogP contribution in [0.5, 0.6) is 11.5 Å². The SMILES string of the molecule is CCCCCC/C(=C\I)OP(=O)(Oc1ccccc1)Oc1ccccc1. The van der Waals surface area contributed by atoms with Gasteiger partial charge in [-0.2, -0.15) is 4.57 Å². The number of benzene rings is 2. The Bertz CT molecular complexity index is 674. The molecule has 0 amide bonds. The van der Waals surface area contributed by atoms with Gasteiger partial charge in [0, 0.05) is 10.5 Å². The third kappa shape index (κ3) is 7.42. The number of hydrogen-bond donors (Lipinski definition) is 0. The average molecular weight is 486 g/mol. The van der Waals surface area contributed by atoms with Crippen LogP contribution in [-0.2, 0) is 9.09 Å². The molecule has 2 aromatic carbocycles. The van der Waals surface area contributed by atoms with Crippen molar-refractivity contribution < 1.29 is 18.1 Å². The fraction of sp³-hybridized carbons (Fsp3) is 0.300. The quantitative estimate of drug-likeness (QED) is 0.143. The lowest BCUT2D eigenvalue weighted by atomic mass is 10.1. The van der Waals surface area contributed by atoms with Crippen LogP contribution in [-0.4, -0.2) is 0 Å². The van der Waals surface area contributed by atoms with Gasteiger partial charge in [-0.3, -0.25) is 0 Å². The van der Waals surface area contributed by atoms with Gasteiger partial charge in [0.2, 0.25) is 0 Å². The molecular weight excluding hydrogens is 462 g/mol. The average Bonchev–Trinajstić information content (AvgIpc) is 2.65. The van der Waals surface area contributed by atoms with Gasteiger partial charge in [0.25, 0.3) is 0 Å². The van der Waals surface area contributed by atoms with Gasteiger partial charge in [-0.15, -0.1) is 0 Å². The van der Waals surface area contributed by atoms with Crippen LogP contribution >= 0.6 is 30.4 Å². The van der Waals surface area contributed by atoms with Crippen LogP contribution < -0.4 is 9.05 Å². The molecule has 0 spiro atoms. The topological polar surface area (TPSA) is 44.8 Å². The second-order valence-electron chi connectivity index (χ2n) is 5.73. The second kappa shape index (κ2) is 11.3. The first kappa shape index (κ1) is 20.8. The molecule has 0 aliphatic carbocycles. The highest BCUT2D eigenvalue weighted by Gasteiger charge is 2.33. The van der Waals surface area contributed by atoms with Crippen molar-refractivity contribution >= 4 is 30.4 Å². The molecule has 0 aliphatic heterocycles. The van der Waals surface area contributed by atoms with Crippen molar-refractivity contribution in [1.82, 2.24) is 0 Å². The number of phosphoric acid groups is 1. The summed E-state index contributed by atoms with van der Waals surface area (Å²) in [5, 5.41) is 0. The number of hydrogen-bond acceptors (Lipinski definition) is 4. The van der Waals surface area contributed by atoms with E-state index in [-0.39, 0.29) is 0 Å². The van der Waals surface area contributed by atoms with Crippen molar-refractivity contribution in [2.45, 2.75) is 39.0 Å². The maximum absolute atomic E-state index is 13.3. The molecule has 0 unspecified atom stereocenters. The van der Waals surface area contributed by atoms with Crippen LogP contribution in [0.3, 0.4) is 0 Å². The van der Waals surface area contributed by atoms with Crippen molar-refractivity contribution in [2.75, 3.05) is 0 Å². The summed E-state index contributed by atoms with van der Waals surface area (Å²) in [6.45, 7) is 2.17. The highest BCUT2D eigenvalue weighted by atomic mass is 127. The molecule has 0 aliphatic rings. The lowest BCUT2D eigenvalue weighted by Crippen LogP contribution is -2.05. The van der Waals surface area contributed by atoms with Gasteiger partial charge < -0.3 is 13.6 Å². The van der Waals surface area contributed by atoms with E-state index < -0.39 is 7.82 Å². The first-order valence-electron chi connectivity index (χ1n) is 8.73. The lowest BCUT2D eigenvalue weighted by Gasteiger charge is -2.20. The van der Waals surface area contributed by atoms with Crippen LogP contribution in [0.15, 0.2) is 70.5 Å². The summed E-state index contributed by atoms with van der Waals surface area (Å²) in [6.07, 6.45) is 5.11. The maximum Gasteiger partial charge on any atom is 0.646 e. The van der Waals surface area contributed by atoms with E-state index in [9.17, 15) is 4.57 Å². The summed E-state index contributed by atoms with van der Waals surface area (Å²) in [7, 11) is -3.86. The Labute approximate surface area is 169 Å². The van der Waals surface area contributed by atoms with E-state index in [1.165, 1.54) is 6.42 Å². The summed E-state index contributed by atoms with van der Waals surface area (Å²) in [4.78, 5) is 0. The van der Waals surface area contributed by atoms with Gasteiger partial charge >= 0.3 is 7.82 Å². The van der Waals surface area contributed by atoms with Crippen molar-refractivity contribution in [1.29, 1.82) is 0 Å². The Morgan fingerprint density at radius 2 is 1.46 bits per heavy atom. The Kier molecular flexibility index (Phi) is 9.06. The van der Waals surface area contributed by atoms with Gasteiger partial charge in [-0.25, -0.2) is 0 Å². The van der Waals surface area contributed by atoms with Crippen LogP contribution in [0.25, 0.3) is 0 Å². The highest BCUT2D eigenvalue weighted by Crippen LogP contribution is 2.52. The summed E-state index contributed by atoms with van der Waals surface area (Å²) >= 11 is 2.09. The number of allylic oxidation sites excluding steroid dienone is 1. The first-order chi connectivity index (χ1) is 12.6. The standard InChI is InChI=1S/C20H24IO4P/c1-2-3-4-7-16-20(17-21)25-26(22,23-18-12-8-5-9-13-18)24-19-14-10-6-11-15-19/h5-6,8-15,17H,2-4,7,16H2,1H3/b20-17+. The molecule has 140 valence electrons. The van der Waals surface area contributed by atoms with E-state index in [2.05, 4.69) is 29.5 Å². The second-order valence-corrected chi connectivity index (χ2v) is 7.80. The predicted octanol–water partition coefficient (Wildman–Crippen LogP) is 7.52. The zero-order chi connectivity index (χ0) is 18.7. The number of para-hydroxylation sites is 2. The number of halogens is 1. The molecule has 0 saturated heterocycles. The van der Waals surface area contributed by atoms with Crippen LogP contribution in [0, 0.1) is 0 Å². The molecule has 0 saturated carbocycles. The first-order valence-corrected chi connectivity index (χ1v) is 11.4. The number of unbranched alkanes of at least 4 members (excludes halogenated alkanes) is 3. The summed E-state index contributed by atoms with van der Waals surface area (Å²) in [5.41, 5.74) is 0. The van der Waals surface area contributed by atoms with Crippen molar-refractivity contribution in [3.05, 3.63) is 70.5 Å². The van der Waals surface area contributed by atoms with Crippen LogP contribution in [0.4, 0.5) is 0 Å². The minimum absolute atomic E-state index is 0.436.